The van der Waals surface area contributed by atoms with Gasteiger partial charge in [0.05, 0.1) is 15.9 Å². The highest BCUT2D eigenvalue weighted by atomic mass is 32.1. The van der Waals surface area contributed by atoms with Crippen LogP contribution < -0.4 is 0 Å². The van der Waals surface area contributed by atoms with E-state index in [0.717, 1.165) is 66.7 Å². The molecular weight excluding hydrogens is 739 g/mol. The van der Waals surface area contributed by atoms with Crippen molar-refractivity contribution in [2.24, 2.45) is 0 Å². The first kappa shape index (κ1) is 34.6. The van der Waals surface area contributed by atoms with Gasteiger partial charge in [0.2, 0.25) is 0 Å². The number of pyridine rings is 2. The van der Waals surface area contributed by atoms with Gasteiger partial charge in [-0.25, -0.2) is 19.9 Å². The fourth-order valence-corrected chi connectivity index (χ4v) is 9.03. The molecule has 0 unspecified atom stereocenters. The summed E-state index contributed by atoms with van der Waals surface area (Å²) >= 11 is 1.80. The van der Waals surface area contributed by atoms with Crippen LogP contribution in [0.1, 0.15) is 0 Å². The van der Waals surface area contributed by atoms with E-state index in [9.17, 15) is 0 Å². The average molecular weight is 772 g/mol. The molecule has 0 aliphatic heterocycles. The minimum absolute atomic E-state index is 0.635. The second kappa shape index (κ2) is 14.7. The largest absolute Gasteiger partial charge is 0.264 e. The molecule has 0 saturated heterocycles. The lowest BCUT2D eigenvalue weighted by Crippen LogP contribution is -2.00. The van der Waals surface area contributed by atoms with Crippen LogP contribution in [-0.4, -0.2) is 24.9 Å². The van der Waals surface area contributed by atoms with Gasteiger partial charge in [-0.05, 0) is 45.5 Å². The standard InChI is InChI=1S/C53H33N5S/c1-3-9-34(10-4-1)35-21-27-42(28-22-35)52-56-51(41-11-5-2-6-12-41)57-53(58-52)43-29-23-39(24-30-43)37-17-15-36(16-18-37)38-19-25-40(26-20-38)49-50-48(44-13-7-8-14-47(44)59-50)45-33-54-32-31-46(45)55-49/h1-33H. The minimum Gasteiger partial charge on any atom is -0.264 e. The van der Waals surface area contributed by atoms with Gasteiger partial charge >= 0.3 is 0 Å². The first-order valence-corrected chi connectivity index (χ1v) is 20.4. The van der Waals surface area contributed by atoms with Gasteiger partial charge in [0, 0.05) is 55.5 Å². The Morgan fingerprint density at radius 3 is 1.25 bits per heavy atom. The van der Waals surface area contributed by atoms with Crippen LogP contribution in [0.5, 0.6) is 0 Å². The van der Waals surface area contributed by atoms with E-state index in [0.29, 0.717) is 17.5 Å². The van der Waals surface area contributed by atoms with E-state index in [4.69, 9.17) is 19.9 Å². The van der Waals surface area contributed by atoms with Gasteiger partial charge in [-0.3, -0.25) is 4.98 Å². The summed E-state index contributed by atoms with van der Waals surface area (Å²) in [7, 11) is 0. The molecule has 7 aromatic carbocycles. The summed E-state index contributed by atoms with van der Waals surface area (Å²) in [5, 5.41) is 3.57. The van der Waals surface area contributed by atoms with Crippen LogP contribution in [-0.2, 0) is 0 Å². The van der Waals surface area contributed by atoms with Crippen molar-refractivity contribution >= 4 is 42.4 Å². The number of thiophene rings is 1. The fourth-order valence-electron chi connectivity index (χ4n) is 7.80. The molecular formula is C53H33N5S. The highest BCUT2D eigenvalue weighted by Gasteiger charge is 2.17. The number of nitrogens with zero attached hydrogens (tertiary/aromatic N) is 5. The minimum atomic E-state index is 0.635. The molecule has 0 amide bonds. The molecule has 5 nitrogen and oxygen atoms in total. The van der Waals surface area contributed by atoms with Crippen LogP contribution in [0, 0.1) is 0 Å². The second-order valence-electron chi connectivity index (χ2n) is 14.5. The Bertz CT molecular complexity index is 3270. The van der Waals surface area contributed by atoms with E-state index < -0.39 is 0 Å². The Balaban J connectivity index is 0.869. The lowest BCUT2D eigenvalue weighted by molar-refractivity contribution is 1.07. The zero-order valence-electron chi connectivity index (χ0n) is 31.7. The summed E-state index contributed by atoms with van der Waals surface area (Å²) < 4.78 is 2.45. The summed E-state index contributed by atoms with van der Waals surface area (Å²) in [5.74, 6) is 1.92. The summed E-state index contributed by atoms with van der Waals surface area (Å²) in [6, 6.07) is 65.5. The first-order valence-electron chi connectivity index (χ1n) is 19.6. The molecule has 0 aliphatic rings. The Labute approximate surface area is 345 Å². The topological polar surface area (TPSA) is 64.5 Å². The zero-order chi connectivity index (χ0) is 39.1. The third-order valence-electron chi connectivity index (χ3n) is 10.9. The predicted octanol–water partition coefficient (Wildman–Crippen LogP) is 13.9. The zero-order valence-corrected chi connectivity index (χ0v) is 32.5. The molecule has 276 valence electrons. The normalized spacial score (nSPS) is 11.4. The van der Waals surface area contributed by atoms with Crippen LogP contribution in [0.15, 0.2) is 200 Å². The Hall–Kier alpha value is -7.67. The molecule has 0 spiro atoms. The third-order valence-corrected chi connectivity index (χ3v) is 12.1. The average Bonchev–Trinajstić information content (AvgIpc) is 3.72. The van der Waals surface area contributed by atoms with Crippen molar-refractivity contribution in [3.05, 3.63) is 200 Å². The smallest absolute Gasteiger partial charge is 0.164 e. The molecule has 0 radical (unpaired) electrons. The van der Waals surface area contributed by atoms with E-state index in [1.165, 1.54) is 25.7 Å². The molecule has 0 saturated carbocycles. The van der Waals surface area contributed by atoms with Gasteiger partial charge in [0.15, 0.2) is 17.5 Å². The molecule has 59 heavy (non-hydrogen) atoms. The number of hydrogen-bond acceptors (Lipinski definition) is 6. The van der Waals surface area contributed by atoms with Crippen LogP contribution in [0.3, 0.4) is 0 Å². The van der Waals surface area contributed by atoms with Gasteiger partial charge in [-0.15, -0.1) is 11.3 Å². The van der Waals surface area contributed by atoms with Crippen molar-refractivity contribution in [3.63, 3.8) is 0 Å². The van der Waals surface area contributed by atoms with Crippen LogP contribution in [0.2, 0.25) is 0 Å². The van der Waals surface area contributed by atoms with E-state index in [-0.39, 0.29) is 0 Å². The highest BCUT2D eigenvalue weighted by Crippen LogP contribution is 2.42. The lowest BCUT2D eigenvalue weighted by atomic mass is 9.98. The van der Waals surface area contributed by atoms with Gasteiger partial charge in [-0.1, -0.05) is 176 Å². The Kier molecular flexibility index (Phi) is 8.60. The van der Waals surface area contributed by atoms with E-state index in [1.807, 2.05) is 54.9 Å². The molecule has 11 rings (SSSR count). The lowest BCUT2D eigenvalue weighted by Gasteiger charge is -2.10. The maximum absolute atomic E-state index is 5.15. The number of hydrogen-bond donors (Lipinski definition) is 0. The molecule has 0 bridgehead atoms. The summed E-state index contributed by atoms with van der Waals surface area (Å²) in [4.78, 5) is 24.4. The second-order valence-corrected chi connectivity index (χ2v) is 15.6. The Morgan fingerprint density at radius 1 is 0.322 bits per heavy atom. The number of aromatic nitrogens is 5. The SMILES string of the molecule is c1ccc(-c2ccc(-c3nc(-c4ccccc4)nc(-c4ccc(-c5ccc(-c6ccc(-c7nc8ccncc8c8c7sc7ccccc78)cc6)cc5)cc4)n3)cc2)cc1. The maximum Gasteiger partial charge on any atom is 0.164 e. The quantitative estimate of drug-likeness (QED) is 0.161. The first-order chi connectivity index (χ1) is 29.2. The summed E-state index contributed by atoms with van der Waals surface area (Å²) in [6.07, 6.45) is 3.76. The van der Waals surface area contributed by atoms with Crippen molar-refractivity contribution < 1.29 is 0 Å². The number of benzene rings is 7. The van der Waals surface area contributed by atoms with Crippen molar-refractivity contribution in [1.29, 1.82) is 0 Å². The van der Waals surface area contributed by atoms with Crippen LogP contribution in [0.4, 0.5) is 0 Å². The van der Waals surface area contributed by atoms with Gasteiger partial charge in [0.1, 0.15) is 0 Å². The summed E-state index contributed by atoms with van der Waals surface area (Å²) in [5.41, 5.74) is 12.8. The highest BCUT2D eigenvalue weighted by molar-refractivity contribution is 7.26. The number of fused-ring (bicyclic) bond motifs is 5. The maximum atomic E-state index is 5.15. The molecule has 6 heteroatoms. The Morgan fingerprint density at radius 2 is 0.729 bits per heavy atom. The van der Waals surface area contributed by atoms with Gasteiger partial charge in [0.25, 0.3) is 0 Å². The number of rotatable bonds is 7. The molecule has 11 aromatic rings. The van der Waals surface area contributed by atoms with E-state index in [2.05, 4.69) is 151 Å². The molecule has 0 N–H and O–H groups in total. The van der Waals surface area contributed by atoms with Gasteiger partial charge in [-0.2, -0.15) is 0 Å². The van der Waals surface area contributed by atoms with Crippen molar-refractivity contribution in [2.45, 2.75) is 0 Å². The summed E-state index contributed by atoms with van der Waals surface area (Å²) in [6.45, 7) is 0. The monoisotopic (exact) mass is 771 g/mol. The van der Waals surface area contributed by atoms with Crippen molar-refractivity contribution in [1.82, 2.24) is 24.9 Å². The van der Waals surface area contributed by atoms with E-state index in [1.54, 1.807) is 11.3 Å². The molecule has 0 atom stereocenters. The molecule has 4 heterocycles. The molecule has 0 aliphatic carbocycles. The fraction of sp³-hybridized carbons (Fsp3) is 0. The van der Waals surface area contributed by atoms with Crippen LogP contribution in [0.25, 0.3) is 110 Å². The molecule has 4 aromatic heterocycles. The third kappa shape index (κ3) is 6.52. The van der Waals surface area contributed by atoms with Crippen LogP contribution >= 0.6 is 11.3 Å². The van der Waals surface area contributed by atoms with Crippen molar-refractivity contribution in [3.8, 4) is 78.8 Å². The van der Waals surface area contributed by atoms with Gasteiger partial charge < -0.3 is 0 Å². The predicted molar refractivity (Wildman–Crippen MR) is 244 cm³/mol. The van der Waals surface area contributed by atoms with Crippen molar-refractivity contribution in [2.75, 3.05) is 0 Å². The molecule has 0 fully saturated rings. The van der Waals surface area contributed by atoms with E-state index >= 15 is 0 Å².